The van der Waals surface area contributed by atoms with Crippen LogP contribution in [0.3, 0.4) is 0 Å². The van der Waals surface area contributed by atoms with Gasteiger partial charge in [-0.05, 0) is 23.8 Å². The number of nitrogens with zero attached hydrogens (tertiary/aromatic N) is 1. The molecule has 1 atom stereocenters. The molecule has 0 saturated heterocycles. The van der Waals surface area contributed by atoms with Crippen LogP contribution in [0.25, 0.3) is 11.1 Å². The van der Waals surface area contributed by atoms with E-state index in [2.05, 4.69) is 0 Å². The van der Waals surface area contributed by atoms with Crippen LogP contribution in [-0.4, -0.2) is 15.4 Å². The molecule has 2 N–H and O–H groups in total. The molecule has 7 heteroatoms. The lowest BCUT2D eigenvalue weighted by atomic mass is 10.0. The first-order valence-corrected chi connectivity index (χ1v) is 7.13. The number of halogens is 1. The number of nitrogen functional groups attached to an aromatic ring is 1. The maximum absolute atomic E-state index is 13.4. The molecule has 0 amide bonds. The summed E-state index contributed by atoms with van der Waals surface area (Å²) in [5.41, 5.74) is 5.48. The van der Waals surface area contributed by atoms with E-state index >= 15 is 0 Å². The first-order valence-electron chi connectivity index (χ1n) is 5.57. The largest absolute Gasteiger partial charge is 0.393 e. The van der Waals surface area contributed by atoms with Crippen molar-refractivity contribution in [2.24, 2.45) is 0 Å². The maximum Gasteiger partial charge on any atom is 0.300 e. The molecule has 0 saturated carbocycles. The molecule has 0 fully saturated rings. The predicted molar refractivity (Wildman–Crippen MR) is 75.2 cm³/mol. The highest BCUT2D eigenvalue weighted by Crippen LogP contribution is 2.35. The average Bonchev–Trinajstić information content (AvgIpc) is 2.37. The van der Waals surface area contributed by atoms with E-state index in [-0.39, 0.29) is 16.9 Å². The summed E-state index contributed by atoms with van der Waals surface area (Å²) in [6.45, 7) is 0. The lowest BCUT2D eigenvalue weighted by Gasteiger charge is -2.07. The first kappa shape index (κ1) is 14.1. The molecule has 2 rings (SSSR count). The van der Waals surface area contributed by atoms with Gasteiger partial charge in [0.2, 0.25) is 0 Å². The number of benzene rings is 2. The highest BCUT2D eigenvalue weighted by atomic mass is 32.2. The Morgan fingerprint density at radius 1 is 1.25 bits per heavy atom. The number of nitro benzene ring substituents is 1. The Morgan fingerprint density at radius 2 is 1.85 bits per heavy atom. The van der Waals surface area contributed by atoms with Crippen molar-refractivity contribution in [2.75, 3.05) is 12.0 Å². The molecule has 0 heterocycles. The van der Waals surface area contributed by atoms with Gasteiger partial charge in [-0.2, -0.15) is 0 Å². The van der Waals surface area contributed by atoms with Gasteiger partial charge in [-0.25, -0.2) is 4.39 Å². The van der Waals surface area contributed by atoms with Crippen molar-refractivity contribution in [1.82, 2.24) is 0 Å². The summed E-state index contributed by atoms with van der Waals surface area (Å²) in [6.07, 6.45) is 1.53. The fourth-order valence-corrected chi connectivity index (χ4v) is 2.39. The van der Waals surface area contributed by atoms with Crippen LogP contribution in [0.5, 0.6) is 0 Å². The Labute approximate surface area is 116 Å². The Morgan fingerprint density at radius 3 is 2.35 bits per heavy atom. The van der Waals surface area contributed by atoms with E-state index in [4.69, 9.17) is 5.73 Å². The molecule has 0 aliphatic rings. The molecule has 2 aromatic carbocycles. The summed E-state index contributed by atoms with van der Waals surface area (Å²) in [4.78, 5) is 11.0. The average molecular weight is 294 g/mol. The Bertz CT molecular complexity index is 702. The molecule has 0 aromatic heterocycles. The normalized spacial score (nSPS) is 12.1. The fourth-order valence-electron chi connectivity index (χ4n) is 1.87. The van der Waals surface area contributed by atoms with Crippen LogP contribution in [0.4, 0.5) is 15.8 Å². The summed E-state index contributed by atoms with van der Waals surface area (Å²) in [5.74, 6) is -0.647. The summed E-state index contributed by atoms with van der Waals surface area (Å²) >= 11 is 0. The van der Waals surface area contributed by atoms with E-state index in [0.717, 1.165) is 12.1 Å². The number of nitrogens with two attached hydrogens (primary N) is 1. The van der Waals surface area contributed by atoms with Crippen molar-refractivity contribution >= 4 is 22.2 Å². The van der Waals surface area contributed by atoms with E-state index in [1.165, 1.54) is 6.26 Å². The molecule has 2 aromatic rings. The van der Waals surface area contributed by atoms with Crippen molar-refractivity contribution < 1.29 is 13.5 Å². The molecule has 0 bridgehead atoms. The highest BCUT2D eigenvalue weighted by molar-refractivity contribution is 7.84. The van der Waals surface area contributed by atoms with Crippen LogP contribution in [0.15, 0.2) is 41.3 Å². The van der Waals surface area contributed by atoms with Crippen LogP contribution in [0.1, 0.15) is 0 Å². The number of anilines is 1. The second-order valence-electron chi connectivity index (χ2n) is 4.13. The summed E-state index contributed by atoms with van der Waals surface area (Å²) in [5, 5.41) is 11.1. The second kappa shape index (κ2) is 5.38. The van der Waals surface area contributed by atoms with Crippen LogP contribution >= 0.6 is 0 Å². The van der Waals surface area contributed by atoms with E-state index < -0.39 is 21.5 Å². The van der Waals surface area contributed by atoms with Crippen molar-refractivity contribution in [1.29, 1.82) is 0 Å². The predicted octanol–water partition coefficient (Wildman–Crippen LogP) is 2.72. The van der Waals surface area contributed by atoms with Gasteiger partial charge < -0.3 is 5.73 Å². The second-order valence-corrected chi connectivity index (χ2v) is 5.51. The molecule has 104 valence electrons. The maximum atomic E-state index is 13.4. The quantitative estimate of drug-likeness (QED) is 0.535. The van der Waals surface area contributed by atoms with Gasteiger partial charge in [0.25, 0.3) is 5.69 Å². The first-order chi connectivity index (χ1) is 9.40. The summed E-state index contributed by atoms with van der Waals surface area (Å²) in [7, 11) is -1.15. The SMILES string of the molecule is CS(=O)c1ccc(-c2cc(F)cc(N)c2[N+](=O)[O-])cc1. The van der Waals surface area contributed by atoms with Crippen LogP contribution in [-0.2, 0) is 10.8 Å². The monoisotopic (exact) mass is 294 g/mol. The van der Waals surface area contributed by atoms with Crippen molar-refractivity contribution in [2.45, 2.75) is 4.90 Å². The van der Waals surface area contributed by atoms with E-state index in [0.29, 0.717) is 10.5 Å². The Kier molecular flexibility index (Phi) is 3.80. The lowest BCUT2D eigenvalue weighted by Crippen LogP contribution is -1.99. The van der Waals surface area contributed by atoms with Gasteiger partial charge in [-0.15, -0.1) is 0 Å². The molecule has 20 heavy (non-hydrogen) atoms. The van der Waals surface area contributed by atoms with Crippen molar-refractivity contribution in [3.05, 3.63) is 52.3 Å². The van der Waals surface area contributed by atoms with E-state index in [1.807, 2.05) is 0 Å². The third kappa shape index (κ3) is 2.67. The minimum Gasteiger partial charge on any atom is -0.393 e. The minimum atomic E-state index is -1.15. The standard InChI is InChI=1S/C13H11FN2O3S/c1-20(19)10-4-2-8(3-5-10)11-6-9(14)7-12(15)13(11)16(17)18/h2-7H,15H2,1H3. The minimum absolute atomic E-state index is 0.0981. The zero-order valence-corrected chi connectivity index (χ0v) is 11.3. The molecule has 1 unspecified atom stereocenters. The molecular formula is C13H11FN2O3S. The fraction of sp³-hybridized carbons (Fsp3) is 0.0769. The zero-order chi connectivity index (χ0) is 14.9. The third-order valence-corrected chi connectivity index (χ3v) is 3.72. The smallest absolute Gasteiger partial charge is 0.300 e. The van der Waals surface area contributed by atoms with Gasteiger partial charge in [0.15, 0.2) is 0 Å². The van der Waals surface area contributed by atoms with Gasteiger partial charge in [-0.3, -0.25) is 14.3 Å². The van der Waals surface area contributed by atoms with Gasteiger partial charge in [0.05, 0.1) is 10.5 Å². The molecule has 0 aliphatic carbocycles. The molecule has 0 spiro atoms. The number of nitro groups is 1. The van der Waals surface area contributed by atoms with E-state index in [1.54, 1.807) is 24.3 Å². The molecule has 5 nitrogen and oxygen atoms in total. The van der Waals surface area contributed by atoms with Crippen molar-refractivity contribution in [3.63, 3.8) is 0 Å². The number of hydrogen-bond donors (Lipinski definition) is 1. The molecular weight excluding hydrogens is 283 g/mol. The van der Waals surface area contributed by atoms with Crippen LogP contribution in [0, 0.1) is 15.9 Å². The number of rotatable bonds is 3. The topological polar surface area (TPSA) is 86.2 Å². The third-order valence-electron chi connectivity index (χ3n) is 2.78. The van der Waals surface area contributed by atoms with Gasteiger partial charge in [-0.1, -0.05) is 12.1 Å². The summed E-state index contributed by atoms with van der Waals surface area (Å²) < 4.78 is 24.7. The molecule has 0 radical (unpaired) electrons. The van der Waals surface area contributed by atoms with Crippen LogP contribution < -0.4 is 5.73 Å². The lowest BCUT2D eigenvalue weighted by molar-refractivity contribution is -0.383. The van der Waals surface area contributed by atoms with E-state index in [9.17, 15) is 18.7 Å². The Balaban J connectivity index is 2.62. The van der Waals surface area contributed by atoms with Gasteiger partial charge in [0.1, 0.15) is 11.5 Å². The Hall–Kier alpha value is -2.28. The molecule has 0 aliphatic heterocycles. The number of hydrogen-bond acceptors (Lipinski definition) is 4. The summed E-state index contributed by atoms with van der Waals surface area (Å²) in [6, 6.07) is 8.24. The van der Waals surface area contributed by atoms with Gasteiger partial charge >= 0.3 is 0 Å². The zero-order valence-electron chi connectivity index (χ0n) is 10.5. The highest BCUT2D eigenvalue weighted by Gasteiger charge is 2.21. The van der Waals surface area contributed by atoms with Crippen molar-refractivity contribution in [3.8, 4) is 11.1 Å². The van der Waals surface area contributed by atoms with Gasteiger partial charge in [0, 0.05) is 28.0 Å². The van der Waals surface area contributed by atoms with Crippen LogP contribution in [0.2, 0.25) is 0 Å².